The van der Waals surface area contributed by atoms with Gasteiger partial charge in [0.1, 0.15) is 0 Å². The van der Waals surface area contributed by atoms with Gasteiger partial charge in [-0.15, -0.1) is 0 Å². The minimum atomic E-state index is -2.50. The van der Waals surface area contributed by atoms with Crippen LogP contribution in [-0.4, -0.2) is 28.3 Å². The van der Waals surface area contributed by atoms with Crippen LogP contribution in [0.2, 0.25) is 0 Å². The first-order valence-corrected chi connectivity index (χ1v) is 7.21. The zero-order valence-electron chi connectivity index (χ0n) is 9.92. The van der Waals surface area contributed by atoms with Crippen LogP contribution in [0.5, 0.6) is 0 Å². The van der Waals surface area contributed by atoms with Gasteiger partial charge in [0, 0.05) is 48.7 Å². The van der Waals surface area contributed by atoms with Crippen LogP contribution in [0.15, 0.2) is 16.7 Å². The highest BCUT2D eigenvalue weighted by Gasteiger charge is 2.34. The van der Waals surface area contributed by atoms with Gasteiger partial charge in [0.2, 0.25) is 0 Å². The molecule has 0 aliphatic carbocycles. The average molecular weight is 338 g/mol. The molecule has 0 bridgehead atoms. The summed E-state index contributed by atoms with van der Waals surface area (Å²) in [5.74, 6) is -2.50. The molecule has 0 amide bonds. The summed E-state index contributed by atoms with van der Waals surface area (Å²) in [6.07, 6.45) is 1.58. The van der Waals surface area contributed by atoms with Crippen LogP contribution in [0.4, 0.5) is 14.5 Å². The Labute approximate surface area is 118 Å². The number of aryl methyl sites for hydroxylation is 1. The van der Waals surface area contributed by atoms with Crippen LogP contribution in [0.25, 0.3) is 0 Å². The van der Waals surface area contributed by atoms with Crippen LogP contribution in [-0.2, 0) is 0 Å². The van der Waals surface area contributed by atoms with E-state index in [1.807, 2.05) is 17.3 Å². The second kappa shape index (κ2) is 5.71. The smallest absolute Gasteiger partial charge is 0.250 e. The zero-order chi connectivity index (χ0) is 13.2. The fraction of sp³-hybridized carbons (Fsp3) is 0.545. The maximum absolute atomic E-state index is 13.0. The first kappa shape index (κ1) is 14.0. The number of aromatic nitrogens is 1. The van der Waals surface area contributed by atoms with Crippen molar-refractivity contribution < 1.29 is 8.78 Å². The number of hydrogen-bond donors (Lipinski definition) is 1. The Balaban J connectivity index is 1.87. The molecule has 0 unspecified atom stereocenters. The van der Waals surface area contributed by atoms with E-state index in [9.17, 15) is 8.78 Å². The molecule has 7 heteroatoms. The maximum Gasteiger partial charge on any atom is 0.250 e. The maximum atomic E-state index is 13.0. The van der Waals surface area contributed by atoms with Crippen LogP contribution >= 0.6 is 28.1 Å². The van der Waals surface area contributed by atoms with E-state index in [-0.39, 0.29) is 12.8 Å². The Morgan fingerprint density at radius 2 is 2.11 bits per heavy atom. The van der Waals surface area contributed by atoms with Crippen molar-refractivity contribution >= 4 is 33.8 Å². The van der Waals surface area contributed by atoms with Gasteiger partial charge in [0.25, 0.3) is 5.92 Å². The topological polar surface area (TPSA) is 28.2 Å². The molecule has 1 aliphatic rings. The molecule has 0 spiro atoms. The number of rotatable bonds is 3. The standard InChI is InChI=1S/C11H14BrF2N3S/c1-8-10(6-9(12)7-15-8)16-18-17-4-2-11(13,14)3-5-17/h6-7,16H,2-5H2,1H3. The molecule has 1 aromatic heterocycles. The number of nitrogens with zero attached hydrogens (tertiary/aromatic N) is 2. The molecule has 0 radical (unpaired) electrons. The summed E-state index contributed by atoms with van der Waals surface area (Å²) in [4.78, 5) is 4.20. The van der Waals surface area contributed by atoms with E-state index >= 15 is 0 Å². The molecule has 1 aliphatic heterocycles. The summed E-state index contributed by atoms with van der Waals surface area (Å²) in [6.45, 7) is 2.69. The lowest BCUT2D eigenvalue weighted by molar-refractivity contribution is -0.0398. The van der Waals surface area contributed by atoms with Gasteiger partial charge in [-0.3, -0.25) is 4.98 Å². The van der Waals surface area contributed by atoms with Crippen molar-refractivity contribution in [3.63, 3.8) is 0 Å². The molecule has 100 valence electrons. The average Bonchev–Trinajstić information content (AvgIpc) is 2.32. The Bertz CT molecular complexity index is 421. The highest BCUT2D eigenvalue weighted by Crippen LogP contribution is 2.31. The number of anilines is 1. The third-order valence-electron chi connectivity index (χ3n) is 2.79. The van der Waals surface area contributed by atoms with E-state index in [4.69, 9.17) is 0 Å². The predicted octanol–water partition coefficient (Wildman–Crippen LogP) is 3.86. The van der Waals surface area contributed by atoms with Crippen LogP contribution < -0.4 is 4.72 Å². The van der Waals surface area contributed by atoms with E-state index in [1.54, 1.807) is 6.20 Å². The minimum absolute atomic E-state index is 0.0720. The summed E-state index contributed by atoms with van der Waals surface area (Å²) in [7, 11) is 0. The lowest BCUT2D eigenvalue weighted by Gasteiger charge is -2.30. The normalized spacial score (nSPS) is 19.8. The lowest BCUT2D eigenvalue weighted by atomic mass is 10.1. The fourth-order valence-corrected chi connectivity index (χ4v) is 2.76. The Morgan fingerprint density at radius 1 is 1.44 bits per heavy atom. The van der Waals surface area contributed by atoms with E-state index in [0.29, 0.717) is 13.1 Å². The molecular formula is C11H14BrF2N3S. The lowest BCUT2D eigenvalue weighted by Crippen LogP contribution is -2.36. The third-order valence-corrected chi connectivity index (χ3v) is 4.16. The second-order valence-electron chi connectivity index (χ2n) is 4.26. The van der Waals surface area contributed by atoms with Crippen molar-refractivity contribution in [1.82, 2.24) is 9.29 Å². The number of hydrogen-bond acceptors (Lipinski definition) is 4. The predicted molar refractivity (Wildman–Crippen MR) is 73.6 cm³/mol. The summed E-state index contributed by atoms with van der Waals surface area (Å²) < 4.78 is 31.9. The van der Waals surface area contributed by atoms with E-state index in [1.165, 1.54) is 12.1 Å². The molecule has 0 aromatic carbocycles. The first-order valence-electron chi connectivity index (χ1n) is 5.64. The van der Waals surface area contributed by atoms with Gasteiger partial charge in [0.05, 0.1) is 11.4 Å². The van der Waals surface area contributed by atoms with E-state index in [2.05, 4.69) is 25.6 Å². The second-order valence-corrected chi connectivity index (χ2v) is 6.08. The van der Waals surface area contributed by atoms with E-state index in [0.717, 1.165) is 15.9 Å². The highest BCUT2D eigenvalue weighted by molar-refractivity contribution is 9.10. The van der Waals surface area contributed by atoms with Gasteiger partial charge in [-0.25, -0.2) is 13.1 Å². The van der Waals surface area contributed by atoms with Crippen molar-refractivity contribution in [3.8, 4) is 0 Å². The van der Waals surface area contributed by atoms with Crippen molar-refractivity contribution in [2.24, 2.45) is 0 Å². The monoisotopic (exact) mass is 337 g/mol. The Morgan fingerprint density at radius 3 is 2.78 bits per heavy atom. The molecule has 1 aromatic rings. The third kappa shape index (κ3) is 3.80. The van der Waals surface area contributed by atoms with Crippen LogP contribution in [0, 0.1) is 6.92 Å². The zero-order valence-corrected chi connectivity index (χ0v) is 12.3. The Hall–Kier alpha value is -0.400. The van der Waals surface area contributed by atoms with E-state index < -0.39 is 5.92 Å². The van der Waals surface area contributed by atoms with Crippen molar-refractivity contribution in [3.05, 3.63) is 22.4 Å². The summed E-state index contributed by atoms with van der Waals surface area (Å²) in [5, 5.41) is 0. The van der Waals surface area contributed by atoms with Gasteiger partial charge in [-0.05, 0) is 28.9 Å². The summed E-state index contributed by atoms with van der Waals surface area (Å²) in [5.41, 5.74) is 1.78. The number of alkyl halides is 2. The Kier molecular flexibility index (Phi) is 4.45. The molecule has 1 fully saturated rings. The highest BCUT2D eigenvalue weighted by atomic mass is 79.9. The van der Waals surface area contributed by atoms with Crippen molar-refractivity contribution in [2.75, 3.05) is 17.8 Å². The first-order chi connectivity index (χ1) is 8.46. The molecular weight excluding hydrogens is 324 g/mol. The molecule has 2 heterocycles. The minimum Gasteiger partial charge on any atom is -0.315 e. The molecule has 1 saturated heterocycles. The molecule has 1 N–H and O–H groups in total. The number of pyridine rings is 1. The van der Waals surface area contributed by atoms with Gasteiger partial charge >= 0.3 is 0 Å². The fourth-order valence-electron chi connectivity index (χ4n) is 1.63. The largest absolute Gasteiger partial charge is 0.315 e. The quantitative estimate of drug-likeness (QED) is 0.847. The van der Waals surface area contributed by atoms with Crippen LogP contribution in [0.3, 0.4) is 0 Å². The summed E-state index contributed by atoms with van der Waals surface area (Å²) in [6, 6.07) is 1.92. The van der Waals surface area contributed by atoms with Gasteiger partial charge in [0.15, 0.2) is 0 Å². The van der Waals surface area contributed by atoms with Crippen molar-refractivity contribution in [1.29, 1.82) is 0 Å². The van der Waals surface area contributed by atoms with Gasteiger partial charge in [-0.2, -0.15) is 0 Å². The number of piperidine rings is 1. The molecule has 18 heavy (non-hydrogen) atoms. The molecule has 2 rings (SSSR count). The molecule has 0 atom stereocenters. The molecule has 0 saturated carbocycles. The van der Waals surface area contributed by atoms with Crippen LogP contribution in [0.1, 0.15) is 18.5 Å². The number of nitrogens with one attached hydrogen (secondary N) is 1. The molecule has 3 nitrogen and oxygen atoms in total. The van der Waals surface area contributed by atoms with Gasteiger partial charge < -0.3 is 4.72 Å². The SMILES string of the molecule is Cc1ncc(Br)cc1NSN1CCC(F)(F)CC1. The van der Waals surface area contributed by atoms with Crippen molar-refractivity contribution in [2.45, 2.75) is 25.7 Å². The number of halogens is 3. The van der Waals surface area contributed by atoms with Gasteiger partial charge in [-0.1, -0.05) is 0 Å². The summed E-state index contributed by atoms with van der Waals surface area (Å²) >= 11 is 4.72.